The van der Waals surface area contributed by atoms with E-state index in [-0.39, 0.29) is 62.9 Å². The van der Waals surface area contributed by atoms with Crippen LogP contribution in [-0.4, -0.2) is 159 Å². The maximum Gasteiger partial charge on any atom is 0.244 e. The summed E-state index contributed by atoms with van der Waals surface area (Å²) in [7, 11) is -14.4. The molecule has 8 aliphatic rings. The van der Waals surface area contributed by atoms with E-state index in [4.69, 9.17) is 0 Å². The molecule has 16 rings (SSSR count). The van der Waals surface area contributed by atoms with E-state index in [2.05, 4.69) is 42.8 Å². The van der Waals surface area contributed by atoms with Crippen LogP contribution >= 0.6 is 0 Å². The quantitative estimate of drug-likeness (QED) is 0.130. The number of nitrogens with zero attached hydrogens (tertiary/aromatic N) is 8. The largest absolute Gasteiger partial charge is 0.312 e. The van der Waals surface area contributed by atoms with Gasteiger partial charge >= 0.3 is 0 Å². The van der Waals surface area contributed by atoms with Crippen LogP contribution in [0.25, 0.3) is 43.1 Å². The third kappa shape index (κ3) is 11.1. The number of rotatable bonds is 8. The van der Waals surface area contributed by atoms with Crippen molar-refractivity contribution >= 4 is 83.2 Å². The van der Waals surface area contributed by atoms with E-state index in [0.29, 0.717) is 76.3 Å². The summed E-state index contributed by atoms with van der Waals surface area (Å²) in [5, 5.41) is 14.7. The average Bonchev–Trinajstić information content (AvgIpc) is 1.75. The number of sulfonamides is 4. The fourth-order valence-corrected chi connectivity index (χ4v) is 23.8. The van der Waals surface area contributed by atoms with Crippen LogP contribution in [0.4, 0.5) is 8.78 Å². The summed E-state index contributed by atoms with van der Waals surface area (Å²) in [5.41, 5.74) is 0. The van der Waals surface area contributed by atoms with Gasteiger partial charge < -0.3 is 16.0 Å². The van der Waals surface area contributed by atoms with Crippen molar-refractivity contribution in [1.82, 2.24) is 53.1 Å². The van der Waals surface area contributed by atoms with Gasteiger partial charge in [-0.1, -0.05) is 55.0 Å². The van der Waals surface area contributed by atoms with E-state index >= 15 is 0 Å². The second-order valence-corrected chi connectivity index (χ2v) is 32.8. The standard InChI is InChI=1S/C17H20N2O2S.2C16H18FN3O2S.C16H19N3O2S/c1-12-15-6-2-5-14(15)11-19(12)22(20,21)17-7-3-4-13-10-18-9-8-16(13)17;2*1-10-16-12(5-6-19-16)9-20(10)23(21,22)14-4-2-3-11-7-18-8-13(17)15(11)14;1-11-16-13(5-8-18-16)10-19(11)22(20,21)15-4-2-3-12-9-17-7-6-14(12)15/h3-4,7-10,12,14-15H,2,5-6,11H2,1H3;2*2-4,7-8,10,12,16,19H,5-6,9H2,1H3;2-4,6-7,9,11,13,16,18H,5,8,10H2,1H3/t12-,14+,15-;2*10-,12+,16-;11-,13+,16-/m0101/s1. The molecule has 1 aliphatic carbocycles. The summed E-state index contributed by atoms with van der Waals surface area (Å²) in [6.07, 6.45) is 18.4. The van der Waals surface area contributed by atoms with Crippen molar-refractivity contribution in [3.8, 4) is 0 Å². The van der Waals surface area contributed by atoms with Crippen molar-refractivity contribution in [1.29, 1.82) is 0 Å². The van der Waals surface area contributed by atoms with Crippen LogP contribution in [0.15, 0.2) is 154 Å². The highest BCUT2D eigenvalue weighted by Gasteiger charge is 2.51. The zero-order valence-electron chi connectivity index (χ0n) is 50.6. The highest BCUT2D eigenvalue weighted by molar-refractivity contribution is 7.90. The molecular weight excluding hydrogens is 1230 g/mol. The Kier molecular flexibility index (Phi) is 17.2. The SMILES string of the molecule is C[C@@H]1[C@H]2NCC[C@H]2CN1S(=O)(=O)c1cccc2cncc(F)c12.C[C@@H]1[C@H]2NCC[C@H]2CN1S(=O)(=O)c1cccc2cnccc12.C[C@H]1[C@@H]2CCC[C@@H]2CN1S(=O)(=O)c1cccc2cnccc12.C[C@H]1[C@@H]2NCC[C@@H]2CN1S(=O)(=O)c1cccc2cncc(F)c12. The number of aromatic nitrogens is 4. The van der Waals surface area contributed by atoms with Crippen molar-refractivity contribution in [2.75, 3.05) is 45.8 Å². The summed E-state index contributed by atoms with van der Waals surface area (Å²) >= 11 is 0. The molecule has 476 valence electrons. The van der Waals surface area contributed by atoms with Gasteiger partial charge in [-0.15, -0.1) is 0 Å². The average molecular weight is 1300 g/mol. The van der Waals surface area contributed by atoms with E-state index in [1.807, 2.05) is 32.9 Å². The lowest BCUT2D eigenvalue weighted by molar-refractivity contribution is 0.353. The molecule has 4 aromatic carbocycles. The molecule has 11 heterocycles. The smallest absolute Gasteiger partial charge is 0.244 e. The van der Waals surface area contributed by atoms with Crippen molar-refractivity contribution in [2.24, 2.45) is 29.6 Å². The minimum Gasteiger partial charge on any atom is -0.312 e. The molecule has 19 nitrogen and oxygen atoms in total. The Morgan fingerprint density at radius 1 is 0.389 bits per heavy atom. The van der Waals surface area contributed by atoms with E-state index in [0.717, 1.165) is 79.3 Å². The first-order valence-electron chi connectivity index (χ1n) is 31.2. The summed E-state index contributed by atoms with van der Waals surface area (Å²) in [4.78, 5) is 16.6. The first-order chi connectivity index (χ1) is 43.2. The third-order valence-electron chi connectivity index (χ3n) is 20.6. The fraction of sp³-hybridized carbons (Fsp3) is 0.446. The summed E-state index contributed by atoms with van der Waals surface area (Å²) in [6, 6.07) is 24.5. The molecule has 7 aliphatic heterocycles. The summed E-state index contributed by atoms with van der Waals surface area (Å²) in [6.45, 7) is 13.0. The predicted octanol–water partition coefficient (Wildman–Crippen LogP) is 8.14. The van der Waals surface area contributed by atoms with Gasteiger partial charge in [-0.2, -0.15) is 17.2 Å². The molecule has 1 saturated carbocycles. The van der Waals surface area contributed by atoms with Gasteiger partial charge in [-0.3, -0.25) is 19.9 Å². The number of hydrogen-bond acceptors (Lipinski definition) is 15. The van der Waals surface area contributed by atoms with Crippen LogP contribution in [0, 0.1) is 41.2 Å². The van der Waals surface area contributed by atoms with Gasteiger partial charge in [0.05, 0.1) is 32.0 Å². The zero-order valence-corrected chi connectivity index (χ0v) is 53.8. The molecule has 4 aromatic heterocycles. The second kappa shape index (κ2) is 24.7. The van der Waals surface area contributed by atoms with Gasteiger partial charge in [0.25, 0.3) is 0 Å². The molecule has 0 radical (unpaired) electrons. The second-order valence-electron chi connectivity index (χ2n) is 25.4. The molecule has 8 fully saturated rings. The highest BCUT2D eigenvalue weighted by Crippen LogP contribution is 2.45. The maximum absolute atomic E-state index is 14.2. The first-order valence-corrected chi connectivity index (χ1v) is 36.9. The van der Waals surface area contributed by atoms with Crippen LogP contribution in [0.2, 0.25) is 0 Å². The number of fused-ring (bicyclic) bond motifs is 8. The van der Waals surface area contributed by atoms with Crippen molar-refractivity contribution < 1.29 is 42.5 Å². The van der Waals surface area contributed by atoms with E-state index in [1.165, 1.54) is 46.0 Å². The van der Waals surface area contributed by atoms with E-state index < -0.39 is 51.7 Å². The van der Waals surface area contributed by atoms with Crippen molar-refractivity contribution in [2.45, 2.75) is 128 Å². The Bertz CT molecular complexity index is 4220. The molecule has 90 heavy (non-hydrogen) atoms. The Balaban J connectivity index is 0.000000110. The zero-order chi connectivity index (χ0) is 63.0. The Morgan fingerprint density at radius 3 is 1.12 bits per heavy atom. The van der Waals surface area contributed by atoms with Gasteiger partial charge in [0, 0.05) is 149 Å². The van der Waals surface area contributed by atoms with Crippen molar-refractivity contribution in [3.05, 3.63) is 146 Å². The number of benzene rings is 4. The van der Waals surface area contributed by atoms with Crippen molar-refractivity contribution in [3.63, 3.8) is 0 Å². The van der Waals surface area contributed by atoms with Gasteiger partial charge in [0.2, 0.25) is 40.1 Å². The minimum atomic E-state index is -3.75. The van der Waals surface area contributed by atoms with Crippen LogP contribution in [0.1, 0.15) is 66.2 Å². The molecular formula is C65H75F2N11O8S4. The lowest BCUT2D eigenvalue weighted by Crippen LogP contribution is -2.42. The normalized spacial score (nSPS) is 28.7. The molecule has 3 N–H and O–H groups in total. The van der Waals surface area contributed by atoms with E-state index in [1.54, 1.807) is 94.1 Å². The number of halogens is 2. The number of pyridine rings is 4. The minimum absolute atomic E-state index is 0.00501. The Labute approximate surface area is 525 Å². The topological polar surface area (TPSA) is 237 Å². The number of hydrogen-bond donors (Lipinski definition) is 3. The summed E-state index contributed by atoms with van der Waals surface area (Å²) < 4.78 is 140. The summed E-state index contributed by atoms with van der Waals surface area (Å²) in [5.74, 6) is 0.968. The van der Waals surface area contributed by atoms with Crippen LogP contribution in [0.5, 0.6) is 0 Å². The molecule has 0 unspecified atom stereocenters. The van der Waals surface area contributed by atoms with Gasteiger partial charge in [-0.25, -0.2) is 42.5 Å². The van der Waals surface area contributed by atoms with Crippen LogP contribution < -0.4 is 16.0 Å². The molecule has 0 spiro atoms. The Hall–Kier alpha value is -6.10. The highest BCUT2D eigenvalue weighted by atomic mass is 32.2. The molecule has 12 atom stereocenters. The molecule has 25 heteroatoms. The molecule has 7 saturated heterocycles. The van der Waals surface area contributed by atoms with Crippen LogP contribution in [0.3, 0.4) is 0 Å². The van der Waals surface area contributed by atoms with E-state index in [9.17, 15) is 42.5 Å². The monoisotopic (exact) mass is 1300 g/mol. The van der Waals surface area contributed by atoms with Gasteiger partial charge in [0.1, 0.15) is 0 Å². The van der Waals surface area contributed by atoms with Gasteiger partial charge in [0.15, 0.2) is 11.6 Å². The predicted molar refractivity (Wildman–Crippen MR) is 341 cm³/mol. The lowest BCUT2D eigenvalue weighted by Gasteiger charge is -2.24. The van der Waals surface area contributed by atoms with Crippen LogP contribution in [-0.2, 0) is 40.1 Å². The Morgan fingerprint density at radius 2 is 0.733 bits per heavy atom. The third-order valence-corrected chi connectivity index (χ3v) is 28.6. The molecule has 8 aromatic rings. The molecule has 0 bridgehead atoms. The fourth-order valence-electron chi connectivity index (χ4n) is 16.1. The number of nitrogens with one attached hydrogen (secondary N) is 3. The van der Waals surface area contributed by atoms with Gasteiger partial charge in [-0.05, 0) is 145 Å². The molecule has 0 amide bonds. The lowest BCUT2D eigenvalue weighted by atomic mass is 9.95. The first kappa shape index (κ1) is 62.7. The maximum atomic E-state index is 14.2.